The summed E-state index contributed by atoms with van der Waals surface area (Å²) >= 11 is 5.22. The largest absolute Gasteiger partial charge is 0.352 e. The summed E-state index contributed by atoms with van der Waals surface area (Å²) in [5, 5.41) is 3.24. The van der Waals surface area contributed by atoms with E-state index in [-0.39, 0.29) is 0 Å². The van der Waals surface area contributed by atoms with Crippen LogP contribution in [-0.2, 0) is 6.54 Å². The molecule has 0 saturated carbocycles. The van der Waals surface area contributed by atoms with Crippen molar-refractivity contribution in [2.45, 2.75) is 13.5 Å². The van der Waals surface area contributed by atoms with Crippen molar-refractivity contribution < 1.29 is 0 Å². The van der Waals surface area contributed by atoms with Gasteiger partial charge in [-0.25, -0.2) is 4.98 Å². The minimum Gasteiger partial charge on any atom is -0.352 e. The smallest absolute Gasteiger partial charge is 0.203 e. The molecule has 0 aliphatic rings. The molecule has 1 N–H and O–H groups in total. The topological polar surface area (TPSA) is 29.9 Å². The number of rotatable bonds is 5. The third-order valence-electron chi connectivity index (χ3n) is 2.26. The molecule has 0 saturated heterocycles. The number of halogens is 1. The maximum atomic E-state index is 4.45. The van der Waals surface area contributed by atoms with Crippen LogP contribution in [0.3, 0.4) is 0 Å². The molecule has 5 heteroatoms. The number of thiophene rings is 1. The Bertz CT molecular complexity index is 516. The Morgan fingerprint density at radius 1 is 1.59 bits per heavy atom. The molecular weight excluding hydrogens is 298 g/mol. The highest BCUT2D eigenvalue weighted by atomic mass is 79.9. The molecule has 2 aromatic rings. The van der Waals surface area contributed by atoms with Crippen LogP contribution in [0.4, 0.5) is 5.95 Å². The zero-order valence-corrected chi connectivity index (χ0v) is 12.0. The van der Waals surface area contributed by atoms with E-state index >= 15 is 0 Å². The molecule has 0 aliphatic heterocycles. The molecule has 0 spiro atoms. The molecule has 0 amide bonds. The summed E-state index contributed by atoms with van der Waals surface area (Å²) in [5.74, 6) is 0.895. The Balaban J connectivity index is 2.16. The molecule has 0 fully saturated rings. The zero-order chi connectivity index (χ0) is 12.3. The van der Waals surface area contributed by atoms with Gasteiger partial charge in [0.2, 0.25) is 5.95 Å². The lowest BCUT2D eigenvalue weighted by molar-refractivity contribution is 0.814. The lowest BCUT2D eigenvalue weighted by atomic mass is 10.4. The Labute approximate surface area is 113 Å². The minimum atomic E-state index is 0.727. The second kappa shape index (κ2) is 5.51. The molecule has 90 valence electrons. The molecule has 0 unspecified atom stereocenters. The van der Waals surface area contributed by atoms with E-state index in [0.29, 0.717) is 0 Å². The third kappa shape index (κ3) is 3.20. The highest BCUT2D eigenvalue weighted by molar-refractivity contribution is 9.11. The van der Waals surface area contributed by atoms with Gasteiger partial charge in [-0.2, -0.15) is 0 Å². The van der Waals surface area contributed by atoms with E-state index in [1.54, 1.807) is 11.3 Å². The quantitative estimate of drug-likeness (QED) is 0.854. The highest BCUT2D eigenvalue weighted by Crippen LogP contribution is 2.23. The first kappa shape index (κ1) is 12.4. The molecule has 0 aliphatic carbocycles. The van der Waals surface area contributed by atoms with Crippen molar-refractivity contribution >= 4 is 33.2 Å². The van der Waals surface area contributed by atoms with Gasteiger partial charge in [-0.3, -0.25) is 0 Å². The van der Waals surface area contributed by atoms with Gasteiger partial charge in [0.1, 0.15) is 0 Å². The standard InChI is InChI=1S/C12H14BrN3S/c1-3-6-14-12-15-9(2)7-16(12)8-10-4-5-11(13)17-10/h3-5,7H,1,6,8H2,2H3,(H,14,15). The van der Waals surface area contributed by atoms with Crippen molar-refractivity contribution in [3.63, 3.8) is 0 Å². The van der Waals surface area contributed by atoms with E-state index in [4.69, 9.17) is 0 Å². The van der Waals surface area contributed by atoms with Gasteiger partial charge in [0.05, 0.1) is 16.0 Å². The van der Waals surface area contributed by atoms with E-state index in [9.17, 15) is 0 Å². The fourth-order valence-corrected chi connectivity index (χ4v) is 3.06. The van der Waals surface area contributed by atoms with Crippen molar-refractivity contribution in [2.24, 2.45) is 0 Å². The van der Waals surface area contributed by atoms with Crippen LogP contribution in [0, 0.1) is 6.92 Å². The SMILES string of the molecule is C=CCNc1nc(C)cn1Cc1ccc(Br)s1. The van der Waals surface area contributed by atoms with Gasteiger partial charge in [-0.1, -0.05) is 6.08 Å². The molecule has 0 aromatic carbocycles. The first-order chi connectivity index (χ1) is 8.19. The molecule has 0 atom stereocenters. The van der Waals surface area contributed by atoms with Gasteiger partial charge in [0.15, 0.2) is 0 Å². The van der Waals surface area contributed by atoms with Gasteiger partial charge in [0, 0.05) is 17.6 Å². The van der Waals surface area contributed by atoms with Crippen LogP contribution in [0.15, 0.2) is 34.8 Å². The van der Waals surface area contributed by atoms with Crippen LogP contribution in [0.5, 0.6) is 0 Å². The minimum absolute atomic E-state index is 0.727. The fraction of sp³-hybridized carbons (Fsp3) is 0.250. The van der Waals surface area contributed by atoms with Crippen LogP contribution < -0.4 is 5.32 Å². The monoisotopic (exact) mass is 311 g/mol. The third-order valence-corrected chi connectivity index (χ3v) is 3.86. The first-order valence-corrected chi connectivity index (χ1v) is 6.92. The van der Waals surface area contributed by atoms with Crippen LogP contribution in [-0.4, -0.2) is 16.1 Å². The van der Waals surface area contributed by atoms with Crippen molar-refractivity contribution in [3.8, 4) is 0 Å². The highest BCUT2D eigenvalue weighted by Gasteiger charge is 2.06. The predicted octanol–water partition coefficient (Wildman–Crippen LogP) is 3.66. The molecule has 3 nitrogen and oxygen atoms in total. The van der Waals surface area contributed by atoms with Crippen molar-refractivity contribution in [2.75, 3.05) is 11.9 Å². The molecule has 17 heavy (non-hydrogen) atoms. The van der Waals surface area contributed by atoms with E-state index in [0.717, 1.165) is 28.5 Å². The average molecular weight is 312 g/mol. The van der Waals surface area contributed by atoms with Crippen LogP contribution in [0.25, 0.3) is 0 Å². The number of anilines is 1. The van der Waals surface area contributed by atoms with Gasteiger partial charge in [0.25, 0.3) is 0 Å². The summed E-state index contributed by atoms with van der Waals surface area (Å²) in [6, 6.07) is 4.20. The summed E-state index contributed by atoms with van der Waals surface area (Å²) in [4.78, 5) is 5.75. The number of aromatic nitrogens is 2. The van der Waals surface area contributed by atoms with Gasteiger partial charge < -0.3 is 9.88 Å². The van der Waals surface area contributed by atoms with Crippen LogP contribution >= 0.6 is 27.3 Å². The average Bonchev–Trinajstić information content (AvgIpc) is 2.83. The Kier molecular flexibility index (Phi) is 4.02. The lowest BCUT2D eigenvalue weighted by Crippen LogP contribution is -2.07. The first-order valence-electron chi connectivity index (χ1n) is 5.32. The Morgan fingerprint density at radius 2 is 2.41 bits per heavy atom. The summed E-state index contributed by atoms with van der Waals surface area (Å²) in [5.41, 5.74) is 1.02. The van der Waals surface area contributed by atoms with Gasteiger partial charge in [-0.15, -0.1) is 17.9 Å². The Hall–Kier alpha value is -1.07. The number of aryl methyl sites for hydroxylation is 1. The number of hydrogen-bond acceptors (Lipinski definition) is 3. The normalized spacial score (nSPS) is 10.5. The second-order valence-electron chi connectivity index (χ2n) is 3.71. The molecule has 0 radical (unpaired) electrons. The second-order valence-corrected chi connectivity index (χ2v) is 6.26. The number of nitrogens with zero attached hydrogens (tertiary/aromatic N) is 2. The van der Waals surface area contributed by atoms with Crippen LogP contribution in [0.1, 0.15) is 10.6 Å². The maximum Gasteiger partial charge on any atom is 0.203 e. The van der Waals surface area contributed by atoms with Crippen molar-refractivity contribution in [1.29, 1.82) is 0 Å². The van der Waals surface area contributed by atoms with E-state index < -0.39 is 0 Å². The fourth-order valence-electron chi connectivity index (χ4n) is 1.58. The van der Waals surface area contributed by atoms with Crippen molar-refractivity contribution in [3.05, 3.63) is 45.3 Å². The maximum absolute atomic E-state index is 4.45. The molecule has 2 aromatic heterocycles. The van der Waals surface area contributed by atoms with E-state index in [1.165, 1.54) is 4.88 Å². The molecule has 2 rings (SSSR count). The van der Waals surface area contributed by atoms with Gasteiger partial charge >= 0.3 is 0 Å². The van der Waals surface area contributed by atoms with Gasteiger partial charge in [-0.05, 0) is 35.0 Å². The summed E-state index contributed by atoms with van der Waals surface area (Å²) in [6.07, 6.45) is 3.88. The Morgan fingerprint density at radius 3 is 3.06 bits per heavy atom. The number of hydrogen-bond donors (Lipinski definition) is 1. The number of imidazole rings is 1. The lowest BCUT2D eigenvalue weighted by Gasteiger charge is -2.06. The summed E-state index contributed by atoms with van der Waals surface area (Å²) < 4.78 is 3.28. The number of nitrogens with one attached hydrogen (secondary N) is 1. The zero-order valence-electron chi connectivity index (χ0n) is 9.61. The van der Waals surface area contributed by atoms with Crippen molar-refractivity contribution in [1.82, 2.24) is 9.55 Å². The predicted molar refractivity (Wildman–Crippen MR) is 76.8 cm³/mol. The molecule has 0 bridgehead atoms. The van der Waals surface area contributed by atoms with E-state index in [1.807, 2.05) is 13.0 Å². The van der Waals surface area contributed by atoms with E-state index in [2.05, 4.69) is 55.7 Å². The molecule has 2 heterocycles. The summed E-state index contributed by atoms with van der Waals surface area (Å²) in [7, 11) is 0. The summed E-state index contributed by atoms with van der Waals surface area (Å²) in [6.45, 7) is 7.27. The van der Waals surface area contributed by atoms with Crippen LogP contribution in [0.2, 0.25) is 0 Å². The molecular formula is C12H14BrN3S.